The number of benzene rings is 1. The first-order valence-electron chi connectivity index (χ1n) is 6.36. The molecule has 0 aromatic heterocycles. The predicted molar refractivity (Wildman–Crippen MR) is 76.4 cm³/mol. The Morgan fingerprint density at radius 2 is 2.05 bits per heavy atom. The van der Waals surface area contributed by atoms with Gasteiger partial charge < -0.3 is 15.7 Å². The summed E-state index contributed by atoms with van der Waals surface area (Å²) in [4.78, 5) is 32.6. The fourth-order valence-electron chi connectivity index (χ4n) is 1.68. The molecule has 0 heterocycles. The Morgan fingerprint density at radius 1 is 1.38 bits per heavy atom. The van der Waals surface area contributed by atoms with Gasteiger partial charge in [0.2, 0.25) is 5.91 Å². The summed E-state index contributed by atoms with van der Waals surface area (Å²) < 4.78 is 0. The van der Waals surface area contributed by atoms with Crippen molar-refractivity contribution in [2.24, 2.45) is 0 Å². The lowest BCUT2D eigenvalue weighted by Crippen LogP contribution is -2.31. The average molecular weight is 295 g/mol. The SMILES string of the molecule is CC(C)NC(=O)CCNc1cc([N+](=O)[O-])ccc1C(=O)O. The second-order valence-electron chi connectivity index (χ2n) is 4.69. The van der Waals surface area contributed by atoms with Gasteiger partial charge in [0.25, 0.3) is 5.69 Å². The number of carbonyl (C=O) groups is 2. The summed E-state index contributed by atoms with van der Waals surface area (Å²) in [6.45, 7) is 3.84. The van der Waals surface area contributed by atoms with Crippen molar-refractivity contribution >= 4 is 23.3 Å². The molecule has 0 aliphatic heterocycles. The van der Waals surface area contributed by atoms with E-state index in [1.807, 2.05) is 13.8 Å². The molecule has 0 spiro atoms. The molecular weight excluding hydrogens is 278 g/mol. The first kappa shape index (κ1) is 16.4. The van der Waals surface area contributed by atoms with Gasteiger partial charge in [0.1, 0.15) is 0 Å². The van der Waals surface area contributed by atoms with Gasteiger partial charge in [-0.1, -0.05) is 0 Å². The summed E-state index contributed by atoms with van der Waals surface area (Å²) >= 11 is 0. The molecule has 0 unspecified atom stereocenters. The van der Waals surface area contributed by atoms with Crippen molar-refractivity contribution in [1.29, 1.82) is 0 Å². The Bertz CT molecular complexity index is 557. The van der Waals surface area contributed by atoms with Crippen LogP contribution < -0.4 is 10.6 Å². The maximum Gasteiger partial charge on any atom is 0.337 e. The van der Waals surface area contributed by atoms with E-state index in [9.17, 15) is 19.7 Å². The highest BCUT2D eigenvalue weighted by Crippen LogP contribution is 2.22. The topological polar surface area (TPSA) is 122 Å². The van der Waals surface area contributed by atoms with E-state index in [2.05, 4.69) is 10.6 Å². The summed E-state index contributed by atoms with van der Waals surface area (Å²) in [5, 5.41) is 25.2. The number of nitrogens with zero attached hydrogens (tertiary/aromatic N) is 1. The van der Waals surface area contributed by atoms with Crippen molar-refractivity contribution in [3.05, 3.63) is 33.9 Å². The molecule has 3 N–H and O–H groups in total. The lowest BCUT2D eigenvalue weighted by molar-refractivity contribution is -0.384. The average Bonchev–Trinajstić information content (AvgIpc) is 2.37. The zero-order valence-electron chi connectivity index (χ0n) is 11.8. The third-order valence-electron chi connectivity index (χ3n) is 2.56. The highest BCUT2D eigenvalue weighted by atomic mass is 16.6. The molecule has 0 radical (unpaired) electrons. The van der Waals surface area contributed by atoms with Crippen LogP contribution in [0, 0.1) is 10.1 Å². The van der Waals surface area contributed by atoms with Gasteiger partial charge in [-0.05, 0) is 19.9 Å². The Balaban J connectivity index is 2.76. The first-order chi connectivity index (χ1) is 9.81. The summed E-state index contributed by atoms with van der Waals surface area (Å²) in [7, 11) is 0. The Kier molecular flexibility index (Phi) is 5.65. The van der Waals surface area contributed by atoms with Gasteiger partial charge in [-0.2, -0.15) is 0 Å². The molecule has 21 heavy (non-hydrogen) atoms. The second kappa shape index (κ2) is 7.22. The minimum Gasteiger partial charge on any atom is -0.478 e. The molecule has 0 bridgehead atoms. The number of nitrogens with one attached hydrogen (secondary N) is 2. The number of anilines is 1. The third kappa shape index (κ3) is 5.09. The highest BCUT2D eigenvalue weighted by Gasteiger charge is 2.15. The molecule has 1 aromatic rings. The monoisotopic (exact) mass is 295 g/mol. The molecule has 1 rings (SSSR count). The minimum absolute atomic E-state index is 0.0184. The number of non-ortho nitro benzene ring substituents is 1. The highest BCUT2D eigenvalue weighted by molar-refractivity contribution is 5.94. The van der Waals surface area contributed by atoms with Gasteiger partial charge in [0.15, 0.2) is 0 Å². The number of nitro groups is 1. The maximum atomic E-state index is 11.5. The van der Waals surface area contributed by atoms with E-state index in [1.165, 1.54) is 0 Å². The van der Waals surface area contributed by atoms with E-state index in [0.29, 0.717) is 0 Å². The Labute approximate surface area is 121 Å². The van der Waals surface area contributed by atoms with Crippen LogP contribution in [0.4, 0.5) is 11.4 Å². The molecule has 0 atom stereocenters. The molecule has 0 saturated carbocycles. The zero-order valence-corrected chi connectivity index (χ0v) is 11.8. The van der Waals surface area contributed by atoms with Gasteiger partial charge in [-0.25, -0.2) is 4.79 Å². The Hall–Kier alpha value is -2.64. The second-order valence-corrected chi connectivity index (χ2v) is 4.69. The first-order valence-corrected chi connectivity index (χ1v) is 6.36. The smallest absolute Gasteiger partial charge is 0.337 e. The van der Waals surface area contributed by atoms with Crippen LogP contribution in [0.5, 0.6) is 0 Å². The largest absolute Gasteiger partial charge is 0.478 e. The molecule has 114 valence electrons. The standard InChI is InChI=1S/C13H17N3O5/c1-8(2)15-12(17)5-6-14-11-7-9(16(20)21)3-4-10(11)13(18)19/h3-4,7-8,14H,5-6H2,1-2H3,(H,15,17)(H,18,19). The van der Waals surface area contributed by atoms with Crippen LogP contribution in [-0.2, 0) is 4.79 Å². The molecule has 0 aliphatic carbocycles. The molecule has 1 amide bonds. The van der Waals surface area contributed by atoms with E-state index in [1.54, 1.807) is 0 Å². The summed E-state index contributed by atoms with van der Waals surface area (Å²) in [6, 6.07) is 3.45. The number of hydrogen-bond donors (Lipinski definition) is 3. The number of carbonyl (C=O) groups excluding carboxylic acids is 1. The molecule has 0 fully saturated rings. The predicted octanol–water partition coefficient (Wildman–Crippen LogP) is 1.62. The normalized spacial score (nSPS) is 10.2. The molecule has 0 saturated heterocycles. The van der Waals surface area contributed by atoms with E-state index < -0.39 is 10.9 Å². The molecule has 1 aromatic carbocycles. The van der Waals surface area contributed by atoms with Crippen molar-refractivity contribution in [2.75, 3.05) is 11.9 Å². The minimum atomic E-state index is -1.20. The van der Waals surface area contributed by atoms with Crippen molar-refractivity contribution < 1.29 is 19.6 Å². The fraction of sp³-hybridized carbons (Fsp3) is 0.385. The van der Waals surface area contributed by atoms with Crippen molar-refractivity contribution in [2.45, 2.75) is 26.3 Å². The van der Waals surface area contributed by atoms with Gasteiger partial charge in [-0.3, -0.25) is 14.9 Å². The quantitative estimate of drug-likeness (QED) is 0.519. The lowest BCUT2D eigenvalue weighted by atomic mass is 10.1. The van der Waals surface area contributed by atoms with Crippen molar-refractivity contribution in [3.63, 3.8) is 0 Å². The van der Waals surface area contributed by atoms with Crippen LogP contribution in [0.3, 0.4) is 0 Å². The number of carboxylic acid groups (broad SMARTS) is 1. The van der Waals surface area contributed by atoms with Crippen LogP contribution in [0.2, 0.25) is 0 Å². The fourth-order valence-corrected chi connectivity index (χ4v) is 1.68. The summed E-state index contributed by atoms with van der Waals surface area (Å²) in [5.74, 6) is -1.38. The third-order valence-corrected chi connectivity index (χ3v) is 2.56. The van der Waals surface area contributed by atoms with Crippen LogP contribution in [0.1, 0.15) is 30.6 Å². The van der Waals surface area contributed by atoms with Crippen LogP contribution in [-0.4, -0.2) is 34.5 Å². The summed E-state index contributed by atoms with van der Waals surface area (Å²) in [6.07, 6.45) is 0.139. The summed E-state index contributed by atoms with van der Waals surface area (Å²) in [5.41, 5.74) is -0.173. The number of carboxylic acids is 1. The van der Waals surface area contributed by atoms with Crippen molar-refractivity contribution in [3.8, 4) is 0 Å². The van der Waals surface area contributed by atoms with Gasteiger partial charge in [0, 0.05) is 31.1 Å². The van der Waals surface area contributed by atoms with Gasteiger partial charge >= 0.3 is 5.97 Å². The van der Waals surface area contributed by atoms with Crippen LogP contribution >= 0.6 is 0 Å². The maximum absolute atomic E-state index is 11.5. The van der Waals surface area contributed by atoms with Crippen LogP contribution in [0.15, 0.2) is 18.2 Å². The van der Waals surface area contributed by atoms with Gasteiger partial charge in [0.05, 0.1) is 16.2 Å². The number of nitro benzene ring substituents is 1. The number of rotatable bonds is 7. The molecule has 0 aliphatic rings. The Morgan fingerprint density at radius 3 is 2.57 bits per heavy atom. The number of aromatic carboxylic acids is 1. The van der Waals surface area contributed by atoms with E-state index in [-0.39, 0.29) is 41.9 Å². The van der Waals surface area contributed by atoms with E-state index >= 15 is 0 Å². The molecule has 8 heteroatoms. The lowest BCUT2D eigenvalue weighted by Gasteiger charge is -2.11. The van der Waals surface area contributed by atoms with E-state index in [0.717, 1.165) is 18.2 Å². The zero-order chi connectivity index (χ0) is 16.0. The molecule has 8 nitrogen and oxygen atoms in total. The van der Waals surface area contributed by atoms with Crippen molar-refractivity contribution in [1.82, 2.24) is 5.32 Å². The number of amides is 1. The van der Waals surface area contributed by atoms with E-state index in [4.69, 9.17) is 5.11 Å². The number of hydrogen-bond acceptors (Lipinski definition) is 5. The van der Waals surface area contributed by atoms with Crippen LogP contribution in [0.25, 0.3) is 0 Å². The molecular formula is C13H17N3O5. The van der Waals surface area contributed by atoms with Gasteiger partial charge in [-0.15, -0.1) is 0 Å².